The van der Waals surface area contributed by atoms with Crippen molar-refractivity contribution in [3.05, 3.63) is 89.4 Å². The Morgan fingerprint density at radius 2 is 1.80 bits per heavy atom. The molecule has 0 fully saturated rings. The molecule has 3 heterocycles. The standard InChI is InChI=1S/C24H21N5O/c1-24(2,16-25)19-6-8-20(9-7-19)29-22(15-28(3)23(29)30)21-13-17(10-12-27-21)18-5-4-11-26-14-18/h4-15H,1-3H3. The van der Waals surface area contributed by atoms with Gasteiger partial charge in [0.25, 0.3) is 0 Å². The van der Waals surface area contributed by atoms with E-state index in [1.54, 1.807) is 41.0 Å². The third kappa shape index (κ3) is 3.42. The summed E-state index contributed by atoms with van der Waals surface area (Å²) in [4.78, 5) is 21.6. The summed E-state index contributed by atoms with van der Waals surface area (Å²) in [6.45, 7) is 3.74. The molecule has 30 heavy (non-hydrogen) atoms. The topological polar surface area (TPSA) is 76.5 Å². The summed E-state index contributed by atoms with van der Waals surface area (Å²) in [5.41, 5.74) is 4.21. The molecule has 6 heteroatoms. The fourth-order valence-corrected chi connectivity index (χ4v) is 3.36. The van der Waals surface area contributed by atoms with Gasteiger partial charge in [-0.15, -0.1) is 0 Å². The first kappa shape index (κ1) is 19.3. The Morgan fingerprint density at radius 3 is 2.47 bits per heavy atom. The van der Waals surface area contributed by atoms with Gasteiger partial charge < -0.3 is 4.57 Å². The Labute approximate surface area is 174 Å². The summed E-state index contributed by atoms with van der Waals surface area (Å²) in [5, 5.41) is 9.37. The minimum Gasteiger partial charge on any atom is -0.301 e. The first-order chi connectivity index (χ1) is 14.4. The van der Waals surface area contributed by atoms with Gasteiger partial charge in [-0.05, 0) is 55.3 Å². The van der Waals surface area contributed by atoms with Gasteiger partial charge in [0.2, 0.25) is 0 Å². The zero-order valence-corrected chi connectivity index (χ0v) is 17.1. The van der Waals surface area contributed by atoms with Crippen molar-refractivity contribution < 1.29 is 0 Å². The first-order valence-corrected chi connectivity index (χ1v) is 9.58. The van der Waals surface area contributed by atoms with Gasteiger partial charge in [0.05, 0.1) is 28.6 Å². The number of aromatic nitrogens is 4. The van der Waals surface area contributed by atoms with Gasteiger partial charge in [0.15, 0.2) is 0 Å². The van der Waals surface area contributed by atoms with Crippen molar-refractivity contribution in [2.75, 3.05) is 0 Å². The number of aryl methyl sites for hydroxylation is 1. The van der Waals surface area contributed by atoms with Crippen LogP contribution in [0.25, 0.3) is 28.2 Å². The van der Waals surface area contributed by atoms with Crippen molar-refractivity contribution in [3.63, 3.8) is 0 Å². The van der Waals surface area contributed by atoms with E-state index in [0.29, 0.717) is 11.4 Å². The van der Waals surface area contributed by atoms with Crippen molar-refractivity contribution in [2.45, 2.75) is 19.3 Å². The van der Waals surface area contributed by atoms with Crippen LogP contribution in [0.15, 0.2) is 78.1 Å². The number of pyridine rings is 2. The Hall–Kier alpha value is -3.98. The SMILES string of the molecule is Cn1cc(-c2cc(-c3cccnc3)ccn2)n(-c2ccc(C(C)(C)C#N)cc2)c1=O. The van der Waals surface area contributed by atoms with E-state index in [1.165, 1.54) is 0 Å². The molecule has 0 saturated heterocycles. The van der Waals surface area contributed by atoms with Gasteiger partial charge >= 0.3 is 5.69 Å². The maximum atomic E-state index is 12.9. The molecule has 0 aliphatic heterocycles. The van der Waals surface area contributed by atoms with E-state index in [1.807, 2.05) is 62.4 Å². The van der Waals surface area contributed by atoms with Crippen molar-refractivity contribution in [2.24, 2.45) is 7.05 Å². The van der Waals surface area contributed by atoms with Crippen LogP contribution in [0.3, 0.4) is 0 Å². The van der Waals surface area contributed by atoms with Crippen molar-refractivity contribution in [1.82, 2.24) is 19.1 Å². The van der Waals surface area contributed by atoms with Crippen LogP contribution < -0.4 is 5.69 Å². The molecule has 0 N–H and O–H groups in total. The number of hydrogen-bond donors (Lipinski definition) is 0. The Morgan fingerprint density at radius 1 is 1.03 bits per heavy atom. The largest absolute Gasteiger partial charge is 0.333 e. The van der Waals surface area contributed by atoms with Crippen molar-refractivity contribution in [3.8, 4) is 34.3 Å². The quantitative estimate of drug-likeness (QED) is 0.521. The van der Waals surface area contributed by atoms with E-state index >= 15 is 0 Å². The van der Waals surface area contributed by atoms with E-state index in [9.17, 15) is 10.1 Å². The van der Waals surface area contributed by atoms with Gasteiger partial charge in [0, 0.05) is 37.4 Å². The summed E-state index contributed by atoms with van der Waals surface area (Å²) < 4.78 is 3.18. The summed E-state index contributed by atoms with van der Waals surface area (Å²) in [5.74, 6) is 0. The van der Waals surface area contributed by atoms with Crippen LogP contribution in [0.4, 0.5) is 0 Å². The second-order valence-electron chi connectivity index (χ2n) is 7.70. The van der Waals surface area contributed by atoms with E-state index in [0.717, 1.165) is 22.4 Å². The Balaban J connectivity index is 1.82. The van der Waals surface area contributed by atoms with Gasteiger partial charge in [-0.3, -0.25) is 14.5 Å². The van der Waals surface area contributed by atoms with Gasteiger partial charge in [-0.2, -0.15) is 5.26 Å². The molecule has 148 valence electrons. The Kier molecular flexibility index (Phi) is 4.80. The number of rotatable bonds is 4. The lowest BCUT2D eigenvalue weighted by Crippen LogP contribution is -2.21. The summed E-state index contributed by atoms with van der Waals surface area (Å²) in [6.07, 6.45) is 7.05. The fourth-order valence-electron chi connectivity index (χ4n) is 3.36. The fraction of sp³-hybridized carbons (Fsp3) is 0.167. The van der Waals surface area contributed by atoms with Gasteiger partial charge in [0.1, 0.15) is 0 Å². The minimum absolute atomic E-state index is 0.161. The monoisotopic (exact) mass is 395 g/mol. The van der Waals surface area contributed by atoms with Gasteiger partial charge in [-0.1, -0.05) is 18.2 Å². The second-order valence-corrected chi connectivity index (χ2v) is 7.70. The molecule has 4 rings (SSSR count). The number of benzene rings is 1. The molecule has 0 amide bonds. The molecule has 4 aromatic rings. The molecular weight excluding hydrogens is 374 g/mol. The first-order valence-electron chi connectivity index (χ1n) is 9.58. The molecule has 0 radical (unpaired) electrons. The zero-order valence-electron chi connectivity index (χ0n) is 17.1. The minimum atomic E-state index is -0.595. The molecule has 0 bridgehead atoms. The number of nitriles is 1. The Bertz CT molecular complexity index is 1290. The molecule has 0 aliphatic rings. The highest BCUT2D eigenvalue weighted by atomic mass is 16.1. The normalized spacial score (nSPS) is 11.3. The molecule has 0 atom stereocenters. The number of imidazole rings is 1. The molecule has 0 spiro atoms. The maximum absolute atomic E-state index is 12.9. The molecule has 6 nitrogen and oxygen atoms in total. The van der Waals surface area contributed by atoms with Crippen LogP contribution in [0.2, 0.25) is 0 Å². The summed E-state index contributed by atoms with van der Waals surface area (Å²) in [6, 6.07) is 17.6. The molecule has 0 saturated carbocycles. The predicted molar refractivity (Wildman–Crippen MR) is 116 cm³/mol. The predicted octanol–water partition coefficient (Wildman–Crippen LogP) is 4.10. The lowest BCUT2D eigenvalue weighted by molar-refractivity contribution is 0.686. The van der Waals surface area contributed by atoms with Crippen LogP contribution in [0.5, 0.6) is 0 Å². The van der Waals surface area contributed by atoms with Gasteiger partial charge in [-0.25, -0.2) is 4.79 Å². The van der Waals surface area contributed by atoms with E-state index in [4.69, 9.17) is 0 Å². The molecular formula is C24H21N5O. The average Bonchev–Trinajstić information content (AvgIpc) is 3.09. The van der Waals surface area contributed by atoms with E-state index in [-0.39, 0.29) is 5.69 Å². The summed E-state index contributed by atoms with van der Waals surface area (Å²) >= 11 is 0. The van der Waals surface area contributed by atoms with E-state index in [2.05, 4.69) is 16.0 Å². The zero-order chi connectivity index (χ0) is 21.3. The van der Waals surface area contributed by atoms with Crippen molar-refractivity contribution >= 4 is 0 Å². The number of nitrogens with zero attached hydrogens (tertiary/aromatic N) is 5. The smallest absolute Gasteiger partial charge is 0.301 e. The molecule has 0 aliphatic carbocycles. The molecule has 0 unspecified atom stereocenters. The second kappa shape index (κ2) is 7.45. The van der Waals surface area contributed by atoms with Crippen LogP contribution in [0.1, 0.15) is 19.4 Å². The van der Waals surface area contributed by atoms with Crippen LogP contribution in [-0.4, -0.2) is 19.1 Å². The van der Waals surface area contributed by atoms with Crippen LogP contribution in [0, 0.1) is 11.3 Å². The lowest BCUT2D eigenvalue weighted by atomic mass is 9.86. The molecule has 1 aromatic carbocycles. The number of hydrogen-bond acceptors (Lipinski definition) is 4. The molecule has 3 aromatic heterocycles. The summed E-state index contributed by atoms with van der Waals surface area (Å²) in [7, 11) is 1.72. The lowest BCUT2D eigenvalue weighted by Gasteiger charge is -2.16. The van der Waals surface area contributed by atoms with Crippen molar-refractivity contribution in [1.29, 1.82) is 5.26 Å². The highest BCUT2D eigenvalue weighted by Crippen LogP contribution is 2.27. The third-order valence-corrected chi connectivity index (χ3v) is 5.19. The highest BCUT2D eigenvalue weighted by molar-refractivity contribution is 5.69. The van der Waals surface area contributed by atoms with E-state index < -0.39 is 5.41 Å². The van der Waals surface area contributed by atoms with Crippen LogP contribution in [-0.2, 0) is 12.5 Å². The highest BCUT2D eigenvalue weighted by Gasteiger charge is 2.20. The average molecular weight is 395 g/mol. The maximum Gasteiger partial charge on any atom is 0.333 e. The third-order valence-electron chi connectivity index (χ3n) is 5.19. The van der Waals surface area contributed by atoms with Crippen LogP contribution >= 0.6 is 0 Å².